The zero-order valence-electron chi connectivity index (χ0n) is 14.3. The molecular weight excluding hydrogens is 336 g/mol. The molecule has 0 bridgehead atoms. The van der Waals surface area contributed by atoms with Crippen molar-refractivity contribution in [3.05, 3.63) is 65.7 Å². The van der Waals surface area contributed by atoms with Crippen LogP contribution in [0.2, 0.25) is 0 Å². The number of anilines is 1. The molecule has 0 spiro atoms. The van der Waals surface area contributed by atoms with Gasteiger partial charge in [0.1, 0.15) is 0 Å². The number of amides is 1. The number of hydrogen-bond donors (Lipinski definition) is 1. The van der Waals surface area contributed by atoms with Crippen LogP contribution >= 0.6 is 12.4 Å². The molecule has 0 saturated carbocycles. The Balaban J connectivity index is 0.00000225. The monoisotopic (exact) mass is 360 g/mol. The SMILES string of the molecule is Cl.Nc1ccc(C(=O)N2CCC(OCCc3ccccc3)CC2)cc1. The number of carbonyl (C=O) groups excluding carboxylic acids is 1. The van der Waals surface area contributed by atoms with Gasteiger partial charge in [-0.1, -0.05) is 30.3 Å². The Hall–Kier alpha value is -2.04. The van der Waals surface area contributed by atoms with Crippen molar-refractivity contribution in [1.29, 1.82) is 0 Å². The Morgan fingerprint density at radius 1 is 1.04 bits per heavy atom. The Morgan fingerprint density at radius 2 is 1.68 bits per heavy atom. The number of benzene rings is 2. The first-order valence-corrected chi connectivity index (χ1v) is 8.53. The minimum Gasteiger partial charge on any atom is -0.399 e. The van der Waals surface area contributed by atoms with E-state index in [4.69, 9.17) is 10.5 Å². The Morgan fingerprint density at radius 3 is 2.32 bits per heavy atom. The van der Waals surface area contributed by atoms with E-state index in [1.807, 2.05) is 11.0 Å². The lowest BCUT2D eigenvalue weighted by molar-refractivity contribution is 0.0100. The minimum absolute atomic E-state index is 0. The normalized spacial score (nSPS) is 14.8. The Bertz CT molecular complexity index is 653. The average Bonchev–Trinajstić information content (AvgIpc) is 2.63. The summed E-state index contributed by atoms with van der Waals surface area (Å²) in [7, 11) is 0. The van der Waals surface area contributed by atoms with Gasteiger partial charge >= 0.3 is 0 Å². The first-order valence-electron chi connectivity index (χ1n) is 8.53. The molecule has 2 aromatic carbocycles. The quantitative estimate of drug-likeness (QED) is 0.829. The highest BCUT2D eigenvalue weighted by Crippen LogP contribution is 2.17. The van der Waals surface area contributed by atoms with Crippen LogP contribution in [0.1, 0.15) is 28.8 Å². The van der Waals surface area contributed by atoms with Crippen molar-refractivity contribution in [1.82, 2.24) is 4.90 Å². The first-order chi connectivity index (χ1) is 11.7. The van der Waals surface area contributed by atoms with Crippen molar-refractivity contribution < 1.29 is 9.53 Å². The largest absolute Gasteiger partial charge is 0.399 e. The molecule has 1 amide bonds. The number of nitrogens with two attached hydrogens (primary N) is 1. The lowest BCUT2D eigenvalue weighted by Gasteiger charge is -2.32. The van der Waals surface area contributed by atoms with Crippen molar-refractivity contribution in [3.8, 4) is 0 Å². The molecule has 1 heterocycles. The van der Waals surface area contributed by atoms with E-state index in [1.54, 1.807) is 24.3 Å². The number of likely N-dealkylation sites (tertiary alicyclic amines) is 1. The van der Waals surface area contributed by atoms with Crippen LogP contribution in [0.3, 0.4) is 0 Å². The standard InChI is InChI=1S/C20H24N2O2.ClH/c21-18-8-6-17(7-9-18)20(23)22-13-10-19(11-14-22)24-15-12-16-4-2-1-3-5-16;/h1-9,19H,10-15,21H2;1H. The molecule has 2 aromatic rings. The zero-order valence-corrected chi connectivity index (χ0v) is 15.1. The van der Waals surface area contributed by atoms with Crippen molar-refractivity contribution in [2.24, 2.45) is 0 Å². The van der Waals surface area contributed by atoms with Gasteiger partial charge in [0, 0.05) is 24.3 Å². The van der Waals surface area contributed by atoms with Crippen LogP contribution in [0.15, 0.2) is 54.6 Å². The summed E-state index contributed by atoms with van der Waals surface area (Å²) in [6.45, 7) is 2.24. The number of piperidine rings is 1. The van der Waals surface area contributed by atoms with Crippen LogP contribution in [-0.2, 0) is 11.2 Å². The van der Waals surface area contributed by atoms with Crippen molar-refractivity contribution in [2.75, 3.05) is 25.4 Å². The van der Waals surface area contributed by atoms with Gasteiger partial charge in [0.25, 0.3) is 5.91 Å². The van der Waals surface area contributed by atoms with E-state index in [2.05, 4.69) is 24.3 Å². The molecule has 1 aliphatic heterocycles. The third kappa shape index (κ3) is 5.48. The second-order valence-corrected chi connectivity index (χ2v) is 6.22. The molecule has 1 saturated heterocycles. The second kappa shape index (κ2) is 9.44. The molecule has 0 atom stereocenters. The molecule has 0 radical (unpaired) electrons. The number of rotatable bonds is 5. The van der Waals surface area contributed by atoms with Gasteiger partial charge in [-0.3, -0.25) is 4.79 Å². The van der Waals surface area contributed by atoms with Crippen LogP contribution in [0.25, 0.3) is 0 Å². The number of nitrogens with zero attached hydrogens (tertiary/aromatic N) is 1. The molecular formula is C20H25ClN2O2. The van der Waals surface area contributed by atoms with Gasteiger partial charge in [0.15, 0.2) is 0 Å². The number of hydrogen-bond acceptors (Lipinski definition) is 3. The number of nitrogen functional groups attached to an aromatic ring is 1. The maximum Gasteiger partial charge on any atom is 0.253 e. The summed E-state index contributed by atoms with van der Waals surface area (Å²) >= 11 is 0. The highest BCUT2D eigenvalue weighted by molar-refractivity contribution is 5.94. The fourth-order valence-corrected chi connectivity index (χ4v) is 3.02. The highest BCUT2D eigenvalue weighted by Gasteiger charge is 2.23. The molecule has 1 fully saturated rings. The topological polar surface area (TPSA) is 55.6 Å². The predicted molar refractivity (Wildman–Crippen MR) is 103 cm³/mol. The predicted octanol–water partition coefficient (Wildman–Crippen LogP) is 3.55. The van der Waals surface area contributed by atoms with E-state index in [-0.39, 0.29) is 24.4 Å². The third-order valence-corrected chi connectivity index (χ3v) is 4.47. The molecule has 2 N–H and O–H groups in total. The van der Waals surface area contributed by atoms with Crippen molar-refractivity contribution in [3.63, 3.8) is 0 Å². The van der Waals surface area contributed by atoms with E-state index in [1.165, 1.54) is 5.56 Å². The number of halogens is 1. The van der Waals surface area contributed by atoms with E-state index in [0.717, 1.165) is 39.0 Å². The summed E-state index contributed by atoms with van der Waals surface area (Å²) < 4.78 is 5.98. The Kier molecular flexibility index (Phi) is 7.29. The zero-order chi connectivity index (χ0) is 16.8. The lowest BCUT2D eigenvalue weighted by atomic mass is 10.1. The van der Waals surface area contributed by atoms with Gasteiger partial charge in [-0.2, -0.15) is 0 Å². The van der Waals surface area contributed by atoms with Crippen LogP contribution < -0.4 is 5.73 Å². The molecule has 134 valence electrons. The summed E-state index contributed by atoms with van der Waals surface area (Å²) in [6.07, 6.45) is 2.99. The Labute approximate surface area is 155 Å². The smallest absolute Gasteiger partial charge is 0.253 e. The van der Waals surface area contributed by atoms with E-state index < -0.39 is 0 Å². The molecule has 0 aliphatic carbocycles. The van der Waals surface area contributed by atoms with E-state index in [9.17, 15) is 4.79 Å². The molecule has 25 heavy (non-hydrogen) atoms. The second-order valence-electron chi connectivity index (χ2n) is 6.22. The van der Waals surface area contributed by atoms with Gasteiger partial charge < -0.3 is 15.4 Å². The molecule has 1 aliphatic rings. The molecule has 4 nitrogen and oxygen atoms in total. The van der Waals surface area contributed by atoms with Gasteiger partial charge in [-0.25, -0.2) is 0 Å². The van der Waals surface area contributed by atoms with Crippen molar-refractivity contribution in [2.45, 2.75) is 25.4 Å². The number of ether oxygens (including phenoxy) is 1. The lowest BCUT2D eigenvalue weighted by Crippen LogP contribution is -2.41. The van der Waals surface area contributed by atoms with Gasteiger partial charge in [-0.15, -0.1) is 12.4 Å². The fourth-order valence-electron chi connectivity index (χ4n) is 3.02. The molecule has 5 heteroatoms. The van der Waals surface area contributed by atoms with Crippen LogP contribution in [0.5, 0.6) is 0 Å². The van der Waals surface area contributed by atoms with Gasteiger partial charge in [0.2, 0.25) is 0 Å². The maximum atomic E-state index is 12.5. The highest BCUT2D eigenvalue weighted by atomic mass is 35.5. The summed E-state index contributed by atoms with van der Waals surface area (Å²) in [5.74, 6) is 0.0812. The third-order valence-electron chi connectivity index (χ3n) is 4.47. The van der Waals surface area contributed by atoms with Gasteiger partial charge in [0.05, 0.1) is 12.7 Å². The van der Waals surface area contributed by atoms with Crippen LogP contribution in [0.4, 0.5) is 5.69 Å². The maximum absolute atomic E-state index is 12.5. The van der Waals surface area contributed by atoms with Gasteiger partial charge in [-0.05, 0) is 49.1 Å². The summed E-state index contributed by atoms with van der Waals surface area (Å²) in [4.78, 5) is 14.4. The van der Waals surface area contributed by atoms with E-state index in [0.29, 0.717) is 11.3 Å². The van der Waals surface area contributed by atoms with E-state index >= 15 is 0 Å². The molecule has 0 unspecified atom stereocenters. The first kappa shape index (κ1) is 19.3. The van der Waals surface area contributed by atoms with Crippen molar-refractivity contribution >= 4 is 24.0 Å². The summed E-state index contributed by atoms with van der Waals surface area (Å²) in [6, 6.07) is 17.5. The fraction of sp³-hybridized carbons (Fsp3) is 0.350. The molecule has 0 aromatic heterocycles. The summed E-state index contributed by atoms with van der Waals surface area (Å²) in [5.41, 5.74) is 8.35. The minimum atomic E-state index is 0. The molecule has 3 rings (SSSR count). The number of carbonyl (C=O) groups is 1. The van der Waals surface area contributed by atoms with Crippen LogP contribution in [-0.4, -0.2) is 36.6 Å². The van der Waals surface area contributed by atoms with Crippen LogP contribution in [0, 0.1) is 0 Å². The average molecular weight is 361 g/mol. The summed E-state index contributed by atoms with van der Waals surface area (Å²) in [5, 5.41) is 0.